The van der Waals surface area contributed by atoms with Crippen LogP contribution in [-0.4, -0.2) is 59.6 Å². The molecule has 1 atom stereocenters. The Hall–Kier alpha value is -1.76. The van der Waals surface area contributed by atoms with E-state index in [2.05, 4.69) is 110 Å². The van der Waals surface area contributed by atoms with Gasteiger partial charge >= 0.3 is 0 Å². The Morgan fingerprint density at radius 2 is 1.28 bits per heavy atom. The maximum atomic E-state index is 14.1. The van der Waals surface area contributed by atoms with Crippen molar-refractivity contribution in [3.8, 4) is 0 Å². The van der Waals surface area contributed by atoms with E-state index in [1.807, 2.05) is 0 Å². The first-order valence-corrected chi connectivity index (χ1v) is 21.6. The van der Waals surface area contributed by atoms with Crippen molar-refractivity contribution in [2.75, 3.05) is 47.6 Å². The van der Waals surface area contributed by atoms with Crippen molar-refractivity contribution >= 4 is 37.7 Å². The molecule has 0 bridgehead atoms. The monoisotopic (exact) mass is 626 g/mol. The normalized spacial score (nSPS) is 15.5. The average Bonchev–Trinajstić information content (AvgIpc) is 2.95. The number of carbonyl (C=O) groups is 2. The molecule has 1 aliphatic carbocycles. The van der Waals surface area contributed by atoms with Crippen LogP contribution in [0.1, 0.15) is 94.5 Å². The van der Waals surface area contributed by atoms with Gasteiger partial charge in [-0.05, 0) is 124 Å². The van der Waals surface area contributed by atoms with Crippen LogP contribution in [0.5, 0.6) is 0 Å². The molecule has 1 saturated carbocycles. The molecule has 238 valence electrons. The van der Waals surface area contributed by atoms with Gasteiger partial charge in [0.05, 0.1) is 37.0 Å². The van der Waals surface area contributed by atoms with Gasteiger partial charge in [-0.15, -0.1) is 0 Å². The van der Waals surface area contributed by atoms with Crippen LogP contribution < -0.4 is 10.6 Å². The van der Waals surface area contributed by atoms with E-state index in [0.29, 0.717) is 0 Å². The zero-order valence-corrected chi connectivity index (χ0v) is 30.7. The lowest BCUT2D eigenvalue weighted by atomic mass is 9.83. The standard InChI is InChI=1S/C37H58N2O2P2/c1-11-42(12-2,32(10)35(40)38-34-30(8)25-27(5)26-31(34)9)23-15-16-24-43(13-3,14-4)37(21-18-22-37)36(41)39-33-28(6)19-17-20-29(33)7/h17,19-20,25-26,32H,11-16,18,21-24H2,1-10H3/p+2. The molecule has 1 fully saturated rings. The summed E-state index contributed by atoms with van der Waals surface area (Å²) in [5, 5.41) is 6.60. The van der Waals surface area contributed by atoms with Gasteiger partial charge in [0.2, 0.25) is 0 Å². The van der Waals surface area contributed by atoms with E-state index in [4.69, 9.17) is 0 Å². The lowest BCUT2D eigenvalue weighted by Crippen LogP contribution is -2.52. The molecule has 4 nitrogen and oxygen atoms in total. The Labute approximate surface area is 264 Å². The molecule has 0 aliphatic heterocycles. The first-order chi connectivity index (χ1) is 20.4. The van der Waals surface area contributed by atoms with Gasteiger partial charge < -0.3 is 10.6 Å². The number of benzene rings is 2. The van der Waals surface area contributed by atoms with Gasteiger partial charge in [0, 0.05) is 25.9 Å². The molecular weight excluding hydrogens is 566 g/mol. The van der Waals surface area contributed by atoms with Crippen molar-refractivity contribution in [1.29, 1.82) is 0 Å². The summed E-state index contributed by atoms with van der Waals surface area (Å²) in [7, 11) is -2.97. The zero-order chi connectivity index (χ0) is 32.0. The lowest BCUT2D eigenvalue weighted by molar-refractivity contribution is -0.120. The number of unbranched alkanes of at least 4 members (excludes halogenated alkanes) is 1. The van der Waals surface area contributed by atoms with Crippen molar-refractivity contribution in [3.63, 3.8) is 0 Å². The van der Waals surface area contributed by atoms with Gasteiger partial charge in [0.25, 0.3) is 11.8 Å². The highest BCUT2D eigenvalue weighted by molar-refractivity contribution is 7.78. The minimum Gasteiger partial charge on any atom is -0.322 e. The minimum atomic E-state index is -1.50. The molecule has 2 amide bonds. The summed E-state index contributed by atoms with van der Waals surface area (Å²) in [5.74, 6) is 0.469. The summed E-state index contributed by atoms with van der Waals surface area (Å²) in [6.07, 6.45) is 12.4. The summed E-state index contributed by atoms with van der Waals surface area (Å²) in [6.45, 7) is 22.0. The average molecular weight is 627 g/mol. The van der Waals surface area contributed by atoms with E-state index in [9.17, 15) is 9.59 Å². The molecule has 1 aliphatic rings. The van der Waals surface area contributed by atoms with Crippen LogP contribution in [0.2, 0.25) is 0 Å². The highest BCUT2D eigenvalue weighted by Crippen LogP contribution is 2.75. The van der Waals surface area contributed by atoms with E-state index in [0.717, 1.165) is 90.1 Å². The Bertz CT molecular complexity index is 1230. The van der Waals surface area contributed by atoms with E-state index in [1.54, 1.807) is 0 Å². The second-order valence-electron chi connectivity index (χ2n) is 13.3. The van der Waals surface area contributed by atoms with Crippen LogP contribution in [0.3, 0.4) is 0 Å². The number of carbonyl (C=O) groups excluding carboxylic acids is 2. The molecule has 43 heavy (non-hydrogen) atoms. The molecule has 0 radical (unpaired) electrons. The number of rotatable bonds is 15. The second-order valence-corrected chi connectivity index (χ2v) is 23.1. The Balaban J connectivity index is 1.72. The van der Waals surface area contributed by atoms with E-state index < -0.39 is 14.5 Å². The molecule has 2 aromatic rings. The highest BCUT2D eigenvalue weighted by atomic mass is 31.2. The first kappa shape index (κ1) is 35.7. The summed E-state index contributed by atoms with van der Waals surface area (Å²) in [5.41, 5.74) is 7.83. The third kappa shape index (κ3) is 7.23. The number of hydrogen-bond donors (Lipinski definition) is 2. The summed E-state index contributed by atoms with van der Waals surface area (Å²) in [6, 6.07) is 10.6. The first-order valence-electron chi connectivity index (χ1n) is 16.8. The molecule has 0 saturated heterocycles. The summed E-state index contributed by atoms with van der Waals surface area (Å²) < 4.78 is 0. The van der Waals surface area contributed by atoms with E-state index >= 15 is 0 Å². The van der Waals surface area contributed by atoms with Crippen LogP contribution in [-0.2, 0) is 9.59 Å². The smallest absolute Gasteiger partial charge is 0.268 e. The predicted molar refractivity (Wildman–Crippen MR) is 195 cm³/mol. The third-order valence-corrected chi connectivity index (χ3v) is 22.9. The van der Waals surface area contributed by atoms with E-state index in [-0.39, 0.29) is 22.6 Å². The van der Waals surface area contributed by atoms with Crippen molar-refractivity contribution in [3.05, 3.63) is 58.1 Å². The van der Waals surface area contributed by atoms with E-state index in [1.165, 1.54) is 18.1 Å². The fourth-order valence-electron chi connectivity index (χ4n) is 8.01. The van der Waals surface area contributed by atoms with Gasteiger partial charge in [0.1, 0.15) is 5.66 Å². The van der Waals surface area contributed by atoms with Crippen LogP contribution in [0, 0.1) is 34.6 Å². The molecule has 2 N–H and O–H groups in total. The molecule has 2 aromatic carbocycles. The van der Waals surface area contributed by atoms with Crippen molar-refractivity contribution in [2.24, 2.45) is 0 Å². The van der Waals surface area contributed by atoms with Crippen molar-refractivity contribution in [1.82, 2.24) is 0 Å². The molecule has 0 spiro atoms. The molecule has 0 aromatic heterocycles. The maximum absolute atomic E-state index is 14.1. The van der Waals surface area contributed by atoms with Crippen molar-refractivity contribution in [2.45, 2.75) is 112 Å². The Morgan fingerprint density at radius 3 is 1.74 bits per heavy atom. The van der Waals surface area contributed by atoms with Crippen LogP contribution in [0.25, 0.3) is 0 Å². The third-order valence-electron chi connectivity index (χ3n) is 11.3. The molecule has 0 heterocycles. The Morgan fingerprint density at radius 1 is 0.767 bits per heavy atom. The Kier molecular flexibility index (Phi) is 12.5. The SMILES string of the molecule is CC[P+](CC)(CCCC[P+](CC)(CC)C1(C(=O)Nc2c(C)cccc2C)CCC1)C(C)C(=O)Nc1c(C)cc(C)cc1C. The number of nitrogens with one attached hydrogen (secondary N) is 2. The van der Waals surface area contributed by atoms with Gasteiger partial charge in [-0.2, -0.15) is 0 Å². The van der Waals surface area contributed by atoms with Gasteiger partial charge in [-0.3, -0.25) is 9.59 Å². The number of amides is 2. The van der Waals surface area contributed by atoms with Crippen LogP contribution in [0.15, 0.2) is 30.3 Å². The number of anilines is 2. The molecule has 1 unspecified atom stereocenters. The van der Waals surface area contributed by atoms with Gasteiger partial charge in [0.15, 0.2) is 5.16 Å². The lowest BCUT2D eigenvalue weighted by Gasteiger charge is -2.49. The number of para-hydroxylation sites is 1. The topological polar surface area (TPSA) is 58.2 Å². The second kappa shape index (κ2) is 15.0. The largest absolute Gasteiger partial charge is 0.322 e. The quantitative estimate of drug-likeness (QED) is 0.153. The number of hydrogen-bond acceptors (Lipinski definition) is 2. The molecular formula is C37H60N2O2P2+2. The summed E-state index contributed by atoms with van der Waals surface area (Å²) in [4.78, 5) is 27.8. The van der Waals surface area contributed by atoms with Gasteiger partial charge in [-0.1, -0.05) is 35.9 Å². The fraction of sp³-hybridized carbons (Fsp3) is 0.622. The van der Waals surface area contributed by atoms with Crippen LogP contribution in [0.4, 0.5) is 11.4 Å². The zero-order valence-electron chi connectivity index (χ0n) is 29.0. The molecule has 3 rings (SSSR count). The highest BCUT2D eigenvalue weighted by Gasteiger charge is 2.63. The maximum Gasteiger partial charge on any atom is 0.268 e. The number of aryl methyl sites for hydroxylation is 5. The van der Waals surface area contributed by atoms with Gasteiger partial charge in [-0.25, -0.2) is 0 Å². The van der Waals surface area contributed by atoms with Crippen LogP contribution >= 0.6 is 14.5 Å². The predicted octanol–water partition coefficient (Wildman–Crippen LogP) is 10.0. The van der Waals surface area contributed by atoms with Crippen molar-refractivity contribution < 1.29 is 9.59 Å². The molecule has 6 heteroatoms. The summed E-state index contributed by atoms with van der Waals surface area (Å²) >= 11 is 0. The fourth-order valence-corrected chi connectivity index (χ4v) is 17.3. The minimum absolute atomic E-state index is 0.0422.